The summed E-state index contributed by atoms with van der Waals surface area (Å²) in [4.78, 5) is 11.4. The molecule has 2 atom stereocenters. The predicted molar refractivity (Wildman–Crippen MR) is 55.3 cm³/mol. The van der Waals surface area contributed by atoms with E-state index in [2.05, 4.69) is 12.2 Å². The van der Waals surface area contributed by atoms with E-state index in [-0.39, 0.29) is 17.9 Å². The van der Waals surface area contributed by atoms with Crippen LogP contribution in [-0.2, 0) is 4.79 Å². The Morgan fingerprint density at radius 2 is 2.08 bits per heavy atom. The minimum Gasteiger partial charge on any atom is -0.355 e. The highest BCUT2D eigenvalue weighted by molar-refractivity contribution is 5.81. The van der Waals surface area contributed by atoms with Crippen molar-refractivity contribution in [2.24, 2.45) is 11.7 Å². The van der Waals surface area contributed by atoms with Crippen LogP contribution < -0.4 is 11.1 Å². The Balaban J connectivity index is 3.69. The molecule has 0 saturated carbocycles. The molecule has 0 fully saturated rings. The molecule has 2 unspecified atom stereocenters. The van der Waals surface area contributed by atoms with Crippen molar-refractivity contribution in [2.45, 2.75) is 46.1 Å². The zero-order valence-corrected chi connectivity index (χ0v) is 8.97. The van der Waals surface area contributed by atoms with Crippen LogP contribution in [0.4, 0.5) is 0 Å². The highest BCUT2D eigenvalue weighted by atomic mass is 16.2. The summed E-state index contributed by atoms with van der Waals surface area (Å²) in [5.74, 6) is 0.254. The molecule has 0 aliphatic heterocycles. The van der Waals surface area contributed by atoms with E-state index >= 15 is 0 Å². The van der Waals surface area contributed by atoms with Crippen molar-refractivity contribution in [2.75, 3.05) is 6.54 Å². The van der Waals surface area contributed by atoms with Crippen molar-refractivity contribution in [1.29, 1.82) is 0 Å². The van der Waals surface area contributed by atoms with Gasteiger partial charge in [-0.2, -0.15) is 0 Å². The number of carbonyl (C=O) groups excluding carboxylic acids is 1. The van der Waals surface area contributed by atoms with Crippen LogP contribution in [-0.4, -0.2) is 18.5 Å². The van der Waals surface area contributed by atoms with Crippen molar-refractivity contribution >= 4 is 5.91 Å². The number of rotatable bonds is 6. The molecule has 0 aromatic heterocycles. The quantitative estimate of drug-likeness (QED) is 0.614. The standard InChI is InChI=1S/C10H22N2O/c1-4-6-7-12-10(13)9(11)8(3)5-2/h8-9H,4-7,11H2,1-3H3,(H,12,13). The molecule has 0 aliphatic rings. The lowest BCUT2D eigenvalue weighted by atomic mass is 9.99. The lowest BCUT2D eigenvalue weighted by molar-refractivity contribution is -0.123. The topological polar surface area (TPSA) is 55.1 Å². The Hall–Kier alpha value is -0.570. The fraction of sp³-hybridized carbons (Fsp3) is 0.900. The summed E-state index contributed by atoms with van der Waals surface area (Å²) in [6, 6.07) is -0.346. The number of nitrogens with two attached hydrogens (primary N) is 1. The van der Waals surface area contributed by atoms with Gasteiger partial charge in [0.1, 0.15) is 0 Å². The third-order valence-corrected chi connectivity index (χ3v) is 2.39. The zero-order valence-electron chi connectivity index (χ0n) is 8.97. The molecule has 0 aromatic carbocycles. The average Bonchev–Trinajstić information content (AvgIpc) is 2.15. The Labute approximate surface area is 81.1 Å². The van der Waals surface area contributed by atoms with E-state index in [9.17, 15) is 4.79 Å². The van der Waals surface area contributed by atoms with Gasteiger partial charge < -0.3 is 11.1 Å². The van der Waals surface area contributed by atoms with Crippen molar-refractivity contribution < 1.29 is 4.79 Å². The molecule has 0 spiro atoms. The highest BCUT2D eigenvalue weighted by Gasteiger charge is 2.18. The van der Waals surface area contributed by atoms with Gasteiger partial charge in [0.05, 0.1) is 6.04 Å². The molecule has 3 nitrogen and oxygen atoms in total. The Kier molecular flexibility index (Phi) is 6.59. The van der Waals surface area contributed by atoms with Gasteiger partial charge in [-0.25, -0.2) is 0 Å². The SMILES string of the molecule is CCCCNC(=O)C(N)C(C)CC. The number of carbonyl (C=O) groups is 1. The number of nitrogens with one attached hydrogen (secondary N) is 1. The van der Waals surface area contributed by atoms with E-state index in [0.717, 1.165) is 25.8 Å². The molecule has 1 amide bonds. The van der Waals surface area contributed by atoms with Crippen molar-refractivity contribution in [3.05, 3.63) is 0 Å². The van der Waals surface area contributed by atoms with Crippen LogP contribution in [0.3, 0.4) is 0 Å². The smallest absolute Gasteiger partial charge is 0.237 e. The number of hydrogen-bond donors (Lipinski definition) is 2. The number of hydrogen-bond acceptors (Lipinski definition) is 2. The Bertz CT molecular complexity index is 148. The second-order valence-electron chi connectivity index (χ2n) is 3.56. The van der Waals surface area contributed by atoms with Gasteiger partial charge in [0, 0.05) is 6.54 Å². The number of unbranched alkanes of at least 4 members (excludes halogenated alkanes) is 1. The summed E-state index contributed by atoms with van der Waals surface area (Å²) in [6.07, 6.45) is 3.07. The van der Waals surface area contributed by atoms with E-state index in [1.165, 1.54) is 0 Å². The fourth-order valence-electron chi connectivity index (χ4n) is 1.02. The van der Waals surface area contributed by atoms with Crippen molar-refractivity contribution in [3.8, 4) is 0 Å². The number of amides is 1. The van der Waals surface area contributed by atoms with E-state index in [4.69, 9.17) is 5.73 Å². The van der Waals surface area contributed by atoms with Crippen LogP contribution >= 0.6 is 0 Å². The first-order valence-corrected chi connectivity index (χ1v) is 5.16. The minimum absolute atomic E-state index is 0.0113. The molecule has 0 radical (unpaired) electrons. The normalized spacial score (nSPS) is 15.1. The molecule has 3 N–H and O–H groups in total. The minimum atomic E-state index is -0.346. The van der Waals surface area contributed by atoms with Gasteiger partial charge in [0.2, 0.25) is 5.91 Å². The van der Waals surface area contributed by atoms with Gasteiger partial charge in [0.25, 0.3) is 0 Å². The lowest BCUT2D eigenvalue weighted by Gasteiger charge is -2.17. The summed E-state index contributed by atoms with van der Waals surface area (Å²) in [5.41, 5.74) is 5.74. The zero-order chi connectivity index (χ0) is 10.3. The Morgan fingerprint density at radius 1 is 1.46 bits per heavy atom. The van der Waals surface area contributed by atoms with Crippen LogP contribution in [0.1, 0.15) is 40.0 Å². The molecule has 78 valence electrons. The second-order valence-corrected chi connectivity index (χ2v) is 3.56. The highest BCUT2D eigenvalue weighted by Crippen LogP contribution is 2.04. The fourth-order valence-corrected chi connectivity index (χ4v) is 1.02. The molecule has 0 aromatic rings. The maximum Gasteiger partial charge on any atom is 0.237 e. The molecular weight excluding hydrogens is 164 g/mol. The largest absolute Gasteiger partial charge is 0.355 e. The predicted octanol–water partition coefficient (Wildman–Crippen LogP) is 1.28. The van der Waals surface area contributed by atoms with Crippen LogP contribution in [0.25, 0.3) is 0 Å². The van der Waals surface area contributed by atoms with E-state index in [0.29, 0.717) is 0 Å². The van der Waals surface area contributed by atoms with Crippen LogP contribution in [0, 0.1) is 5.92 Å². The van der Waals surface area contributed by atoms with Gasteiger partial charge in [-0.05, 0) is 12.3 Å². The van der Waals surface area contributed by atoms with E-state index in [1.807, 2.05) is 13.8 Å². The first kappa shape index (κ1) is 12.4. The van der Waals surface area contributed by atoms with Gasteiger partial charge >= 0.3 is 0 Å². The molecule has 0 bridgehead atoms. The lowest BCUT2D eigenvalue weighted by Crippen LogP contribution is -2.44. The monoisotopic (exact) mass is 186 g/mol. The molecular formula is C10H22N2O. The van der Waals surface area contributed by atoms with Gasteiger partial charge in [0.15, 0.2) is 0 Å². The first-order chi connectivity index (χ1) is 6.13. The molecule has 3 heteroatoms. The van der Waals surface area contributed by atoms with Gasteiger partial charge in [-0.15, -0.1) is 0 Å². The van der Waals surface area contributed by atoms with E-state index in [1.54, 1.807) is 0 Å². The Morgan fingerprint density at radius 3 is 2.54 bits per heavy atom. The van der Waals surface area contributed by atoms with Crippen LogP contribution in [0.2, 0.25) is 0 Å². The summed E-state index contributed by atoms with van der Waals surface area (Å²) < 4.78 is 0. The molecule has 0 heterocycles. The van der Waals surface area contributed by atoms with Crippen molar-refractivity contribution in [3.63, 3.8) is 0 Å². The van der Waals surface area contributed by atoms with Crippen LogP contribution in [0.15, 0.2) is 0 Å². The van der Waals surface area contributed by atoms with Crippen molar-refractivity contribution in [1.82, 2.24) is 5.32 Å². The molecule has 13 heavy (non-hydrogen) atoms. The summed E-state index contributed by atoms with van der Waals surface area (Å²) >= 11 is 0. The average molecular weight is 186 g/mol. The molecule has 0 aliphatic carbocycles. The van der Waals surface area contributed by atoms with Crippen LogP contribution in [0.5, 0.6) is 0 Å². The summed E-state index contributed by atoms with van der Waals surface area (Å²) in [5, 5.41) is 2.83. The third-order valence-electron chi connectivity index (χ3n) is 2.39. The van der Waals surface area contributed by atoms with Gasteiger partial charge in [-0.3, -0.25) is 4.79 Å². The second kappa shape index (κ2) is 6.89. The van der Waals surface area contributed by atoms with E-state index < -0.39 is 0 Å². The maximum atomic E-state index is 11.4. The van der Waals surface area contributed by atoms with Gasteiger partial charge in [-0.1, -0.05) is 33.6 Å². The summed E-state index contributed by atoms with van der Waals surface area (Å²) in [7, 11) is 0. The third kappa shape index (κ3) is 4.88. The molecule has 0 rings (SSSR count). The summed E-state index contributed by atoms with van der Waals surface area (Å²) in [6.45, 7) is 6.90. The molecule has 0 saturated heterocycles. The maximum absolute atomic E-state index is 11.4. The first-order valence-electron chi connectivity index (χ1n) is 5.16.